The van der Waals surface area contributed by atoms with Crippen molar-refractivity contribution in [3.63, 3.8) is 0 Å². The van der Waals surface area contributed by atoms with Crippen LogP contribution in [-0.4, -0.2) is 54.6 Å². The summed E-state index contributed by atoms with van der Waals surface area (Å²) in [5.74, 6) is 0.618. The second kappa shape index (κ2) is 5.48. The summed E-state index contributed by atoms with van der Waals surface area (Å²) in [7, 11) is 0. The van der Waals surface area contributed by atoms with E-state index < -0.39 is 0 Å². The summed E-state index contributed by atoms with van der Waals surface area (Å²) in [6.07, 6.45) is 3.97. The topological polar surface area (TPSA) is 32.5 Å². The number of rotatable bonds is 4. The van der Waals surface area contributed by atoms with Gasteiger partial charge in [0, 0.05) is 31.7 Å². The average Bonchev–Trinajstić information content (AvgIpc) is 2.72. The number of nitrogens with two attached hydrogens (primary N) is 1. The van der Waals surface area contributed by atoms with Crippen molar-refractivity contribution < 1.29 is 0 Å². The van der Waals surface area contributed by atoms with Crippen LogP contribution in [0, 0.1) is 5.92 Å². The Kier molecular flexibility index (Phi) is 4.22. The van der Waals surface area contributed by atoms with E-state index in [1.54, 1.807) is 0 Å². The molecule has 0 aromatic rings. The molecule has 0 aromatic heterocycles. The van der Waals surface area contributed by atoms with Crippen molar-refractivity contribution in [3.8, 4) is 0 Å². The van der Waals surface area contributed by atoms with Gasteiger partial charge in [0.1, 0.15) is 0 Å². The molecule has 2 aliphatic rings. The van der Waals surface area contributed by atoms with Crippen molar-refractivity contribution in [3.05, 3.63) is 0 Å². The number of piperazine rings is 1. The largest absolute Gasteiger partial charge is 0.327 e. The lowest BCUT2D eigenvalue weighted by atomic mass is 10.0. The Morgan fingerprint density at radius 1 is 1.25 bits per heavy atom. The van der Waals surface area contributed by atoms with Crippen molar-refractivity contribution in [2.75, 3.05) is 32.7 Å². The summed E-state index contributed by atoms with van der Waals surface area (Å²) < 4.78 is 0. The van der Waals surface area contributed by atoms with Crippen LogP contribution >= 0.6 is 0 Å². The van der Waals surface area contributed by atoms with E-state index in [-0.39, 0.29) is 0 Å². The molecule has 3 heteroatoms. The SMILES string of the molecule is CC(C)C(N)CCN1CCN2CCCC2C1. The molecule has 94 valence electrons. The van der Waals surface area contributed by atoms with Crippen molar-refractivity contribution in [1.82, 2.24) is 9.80 Å². The third-order valence-corrected chi connectivity index (χ3v) is 4.31. The molecule has 0 amide bonds. The zero-order chi connectivity index (χ0) is 11.5. The van der Waals surface area contributed by atoms with Crippen LogP contribution in [0.4, 0.5) is 0 Å². The Balaban J connectivity index is 1.71. The van der Waals surface area contributed by atoms with Crippen LogP contribution in [0.15, 0.2) is 0 Å². The summed E-state index contributed by atoms with van der Waals surface area (Å²) in [4.78, 5) is 5.29. The lowest BCUT2D eigenvalue weighted by Crippen LogP contribution is -2.50. The molecule has 3 nitrogen and oxygen atoms in total. The van der Waals surface area contributed by atoms with Crippen molar-refractivity contribution in [2.24, 2.45) is 11.7 Å². The van der Waals surface area contributed by atoms with Gasteiger partial charge in [-0.2, -0.15) is 0 Å². The fourth-order valence-corrected chi connectivity index (χ4v) is 2.92. The van der Waals surface area contributed by atoms with E-state index in [9.17, 15) is 0 Å². The predicted octanol–water partition coefficient (Wildman–Crippen LogP) is 1.14. The average molecular weight is 225 g/mol. The second-order valence-corrected chi connectivity index (χ2v) is 5.83. The minimum absolute atomic E-state index is 0.376. The van der Waals surface area contributed by atoms with E-state index in [1.165, 1.54) is 45.6 Å². The Morgan fingerprint density at radius 3 is 2.81 bits per heavy atom. The molecule has 0 bridgehead atoms. The van der Waals surface area contributed by atoms with E-state index >= 15 is 0 Å². The molecule has 2 heterocycles. The number of hydrogen-bond donors (Lipinski definition) is 1. The second-order valence-electron chi connectivity index (χ2n) is 5.83. The van der Waals surface area contributed by atoms with Gasteiger partial charge in [0.25, 0.3) is 0 Å². The normalized spacial score (nSPS) is 29.6. The molecule has 16 heavy (non-hydrogen) atoms. The molecule has 0 aromatic carbocycles. The van der Waals surface area contributed by atoms with E-state index in [2.05, 4.69) is 23.6 Å². The number of fused-ring (bicyclic) bond motifs is 1. The third kappa shape index (κ3) is 2.96. The minimum atomic E-state index is 0.376. The van der Waals surface area contributed by atoms with Crippen LogP contribution in [-0.2, 0) is 0 Å². The first kappa shape index (κ1) is 12.3. The van der Waals surface area contributed by atoms with Gasteiger partial charge < -0.3 is 10.6 Å². The molecule has 2 rings (SSSR count). The van der Waals surface area contributed by atoms with E-state index in [0.29, 0.717) is 12.0 Å². The first-order valence-corrected chi connectivity index (χ1v) is 6.89. The van der Waals surface area contributed by atoms with Crippen molar-refractivity contribution in [2.45, 2.75) is 45.2 Å². The maximum absolute atomic E-state index is 6.10. The summed E-state index contributed by atoms with van der Waals surface area (Å²) in [6.45, 7) is 10.8. The maximum Gasteiger partial charge on any atom is 0.0224 e. The smallest absolute Gasteiger partial charge is 0.0224 e. The summed E-state index contributed by atoms with van der Waals surface area (Å²) in [6, 6.07) is 1.23. The Morgan fingerprint density at radius 2 is 2.06 bits per heavy atom. The van der Waals surface area contributed by atoms with E-state index in [0.717, 1.165) is 12.5 Å². The van der Waals surface area contributed by atoms with Crippen molar-refractivity contribution >= 4 is 0 Å². The Labute approximate surface area is 100.0 Å². The van der Waals surface area contributed by atoms with Crippen LogP contribution in [0.2, 0.25) is 0 Å². The first-order valence-electron chi connectivity index (χ1n) is 6.89. The first-order chi connectivity index (χ1) is 7.66. The summed E-state index contributed by atoms with van der Waals surface area (Å²) >= 11 is 0. The molecule has 2 aliphatic heterocycles. The van der Waals surface area contributed by atoms with E-state index in [1.807, 2.05) is 0 Å². The maximum atomic E-state index is 6.10. The highest BCUT2D eigenvalue weighted by atomic mass is 15.3. The quantitative estimate of drug-likeness (QED) is 0.779. The Hall–Kier alpha value is -0.120. The molecule has 2 fully saturated rings. The highest BCUT2D eigenvalue weighted by Gasteiger charge is 2.30. The highest BCUT2D eigenvalue weighted by Crippen LogP contribution is 2.21. The fourth-order valence-electron chi connectivity index (χ4n) is 2.92. The van der Waals surface area contributed by atoms with Crippen LogP contribution < -0.4 is 5.73 Å². The fraction of sp³-hybridized carbons (Fsp3) is 1.00. The number of hydrogen-bond acceptors (Lipinski definition) is 3. The minimum Gasteiger partial charge on any atom is -0.327 e. The molecular weight excluding hydrogens is 198 g/mol. The van der Waals surface area contributed by atoms with Crippen molar-refractivity contribution in [1.29, 1.82) is 0 Å². The van der Waals surface area contributed by atoms with Crippen LogP contribution in [0.5, 0.6) is 0 Å². The zero-order valence-corrected chi connectivity index (χ0v) is 10.9. The molecule has 0 spiro atoms. The predicted molar refractivity (Wildman–Crippen MR) is 68.5 cm³/mol. The van der Waals surface area contributed by atoms with Gasteiger partial charge in [0.2, 0.25) is 0 Å². The molecule has 2 N–H and O–H groups in total. The monoisotopic (exact) mass is 225 g/mol. The van der Waals surface area contributed by atoms with Gasteiger partial charge in [-0.05, 0) is 38.3 Å². The van der Waals surface area contributed by atoms with Gasteiger partial charge in [-0.25, -0.2) is 0 Å². The van der Waals surface area contributed by atoms with Gasteiger partial charge in [0.15, 0.2) is 0 Å². The van der Waals surface area contributed by atoms with Crippen LogP contribution in [0.1, 0.15) is 33.1 Å². The van der Waals surface area contributed by atoms with Gasteiger partial charge in [0.05, 0.1) is 0 Å². The van der Waals surface area contributed by atoms with Crippen LogP contribution in [0.3, 0.4) is 0 Å². The van der Waals surface area contributed by atoms with Crippen LogP contribution in [0.25, 0.3) is 0 Å². The standard InChI is InChI=1S/C13H27N3/c1-11(2)13(14)5-7-15-8-9-16-6-3-4-12(16)10-15/h11-13H,3-10,14H2,1-2H3. The Bertz CT molecular complexity index is 217. The van der Waals surface area contributed by atoms with Gasteiger partial charge >= 0.3 is 0 Å². The third-order valence-electron chi connectivity index (χ3n) is 4.31. The molecule has 2 atom stereocenters. The van der Waals surface area contributed by atoms with Gasteiger partial charge in [-0.1, -0.05) is 13.8 Å². The zero-order valence-electron chi connectivity index (χ0n) is 10.9. The van der Waals surface area contributed by atoms with Gasteiger partial charge in [-0.15, -0.1) is 0 Å². The van der Waals surface area contributed by atoms with Gasteiger partial charge in [-0.3, -0.25) is 4.90 Å². The summed E-state index contributed by atoms with van der Waals surface area (Å²) in [5, 5.41) is 0. The molecule has 2 saturated heterocycles. The lowest BCUT2D eigenvalue weighted by molar-refractivity contribution is 0.101. The lowest BCUT2D eigenvalue weighted by Gasteiger charge is -2.38. The molecular formula is C13H27N3. The molecule has 2 unspecified atom stereocenters. The molecule has 0 aliphatic carbocycles. The molecule has 0 radical (unpaired) electrons. The molecule has 0 saturated carbocycles. The highest BCUT2D eigenvalue weighted by molar-refractivity contribution is 4.87. The summed E-state index contributed by atoms with van der Waals surface area (Å²) in [5.41, 5.74) is 6.10. The van der Waals surface area contributed by atoms with E-state index in [4.69, 9.17) is 5.73 Å². The number of nitrogens with zero attached hydrogens (tertiary/aromatic N) is 2.